The number of allylic oxidation sites excluding steroid dienone is 2. The van der Waals surface area contributed by atoms with Crippen LogP contribution in [-0.2, 0) is 15.6 Å². The Morgan fingerprint density at radius 2 is 1.93 bits per heavy atom. The molecule has 0 aliphatic rings. The summed E-state index contributed by atoms with van der Waals surface area (Å²) in [6.07, 6.45) is 5.31. The molecule has 29 heavy (non-hydrogen) atoms. The van der Waals surface area contributed by atoms with E-state index in [9.17, 15) is 13.7 Å². The molecular weight excluding hydrogens is 406 g/mol. The van der Waals surface area contributed by atoms with E-state index in [-0.39, 0.29) is 0 Å². The number of sulfonamides is 1. The zero-order valence-electron chi connectivity index (χ0n) is 16.5. The summed E-state index contributed by atoms with van der Waals surface area (Å²) in [6.45, 7) is 4.00. The summed E-state index contributed by atoms with van der Waals surface area (Å²) >= 11 is 6.11. The predicted molar refractivity (Wildman–Crippen MR) is 119 cm³/mol. The molecule has 0 aliphatic carbocycles. The lowest BCUT2D eigenvalue weighted by Crippen LogP contribution is -2.35. The third-order valence-electron chi connectivity index (χ3n) is 5.21. The molecule has 1 heterocycles. The third kappa shape index (κ3) is 3.89. The third-order valence-corrected chi connectivity index (χ3v) is 6.05. The van der Waals surface area contributed by atoms with Crippen molar-refractivity contribution in [2.75, 3.05) is 11.0 Å². The molecule has 150 valence electrons. The van der Waals surface area contributed by atoms with Crippen molar-refractivity contribution in [2.45, 2.75) is 25.8 Å². The Bertz CT molecular complexity index is 1220. The van der Waals surface area contributed by atoms with Gasteiger partial charge in [0.1, 0.15) is 0 Å². The first-order chi connectivity index (χ1) is 13.7. The smallest absolute Gasteiger partial charge is 0.229 e. The Balaban J connectivity index is 2.34. The van der Waals surface area contributed by atoms with Gasteiger partial charge in [-0.15, -0.1) is 0 Å². The Hall–Kier alpha value is -2.75. The van der Waals surface area contributed by atoms with E-state index in [0.29, 0.717) is 17.1 Å². The molecule has 0 bridgehead atoms. The van der Waals surface area contributed by atoms with Crippen LogP contribution in [0.1, 0.15) is 25.8 Å². The van der Waals surface area contributed by atoms with E-state index < -0.39 is 15.6 Å². The van der Waals surface area contributed by atoms with Gasteiger partial charge < -0.3 is 4.57 Å². The largest absolute Gasteiger partial charge is 0.333 e. The molecule has 5 nitrogen and oxygen atoms in total. The quantitative estimate of drug-likeness (QED) is 0.543. The average Bonchev–Trinajstić information content (AvgIpc) is 3.09. The number of nitrogens with one attached hydrogen (secondary N) is 1. The molecule has 2 aromatic carbocycles. The van der Waals surface area contributed by atoms with E-state index in [2.05, 4.69) is 22.3 Å². The Morgan fingerprint density at radius 1 is 1.24 bits per heavy atom. The molecule has 1 aromatic heterocycles. The number of nitriles is 1. The van der Waals surface area contributed by atoms with Crippen molar-refractivity contribution in [1.29, 1.82) is 5.26 Å². The van der Waals surface area contributed by atoms with Gasteiger partial charge in [-0.05, 0) is 54.8 Å². The number of benzene rings is 2. The normalized spacial score (nSPS) is 14.4. The van der Waals surface area contributed by atoms with Crippen molar-refractivity contribution < 1.29 is 8.42 Å². The van der Waals surface area contributed by atoms with Gasteiger partial charge in [0, 0.05) is 22.7 Å². The maximum Gasteiger partial charge on any atom is 0.229 e. The van der Waals surface area contributed by atoms with Crippen molar-refractivity contribution in [3.63, 3.8) is 0 Å². The lowest BCUT2D eigenvalue weighted by Gasteiger charge is -2.37. The van der Waals surface area contributed by atoms with Crippen LogP contribution in [0.3, 0.4) is 0 Å². The van der Waals surface area contributed by atoms with Crippen LogP contribution in [-0.4, -0.2) is 19.2 Å². The highest BCUT2D eigenvalue weighted by Crippen LogP contribution is 2.41. The van der Waals surface area contributed by atoms with Gasteiger partial charge in [0.15, 0.2) is 0 Å². The monoisotopic (exact) mass is 427 g/mol. The SMILES string of the molecule is CCC(/C(C)=C/C#N)(c1ccc(Cl)cc1)n1ccc2c(NS(C)(=O)=O)cccc21. The van der Waals surface area contributed by atoms with Crippen LogP contribution < -0.4 is 4.72 Å². The first-order valence-electron chi connectivity index (χ1n) is 9.14. The highest BCUT2D eigenvalue weighted by Gasteiger charge is 2.35. The number of halogens is 1. The summed E-state index contributed by atoms with van der Waals surface area (Å²) in [6, 6.07) is 17.1. The van der Waals surface area contributed by atoms with Crippen LogP contribution in [0.5, 0.6) is 0 Å². The molecule has 1 unspecified atom stereocenters. The van der Waals surface area contributed by atoms with Crippen LogP contribution in [0.15, 0.2) is 66.4 Å². The molecule has 3 rings (SSSR count). The summed E-state index contributed by atoms with van der Waals surface area (Å²) in [5.74, 6) is 0. The Labute approximate surface area is 176 Å². The minimum absolute atomic E-state index is 0.520. The number of rotatable bonds is 6. The fourth-order valence-corrected chi connectivity index (χ4v) is 4.64. The first-order valence-corrected chi connectivity index (χ1v) is 11.4. The van der Waals surface area contributed by atoms with Gasteiger partial charge in [0.25, 0.3) is 0 Å². The zero-order valence-corrected chi connectivity index (χ0v) is 18.1. The lowest BCUT2D eigenvalue weighted by molar-refractivity contribution is 0.419. The van der Waals surface area contributed by atoms with Gasteiger partial charge in [-0.1, -0.05) is 36.7 Å². The molecule has 3 aromatic rings. The van der Waals surface area contributed by atoms with Gasteiger partial charge in [-0.25, -0.2) is 8.42 Å². The summed E-state index contributed by atoms with van der Waals surface area (Å²) in [5.41, 5.74) is 2.63. The highest BCUT2D eigenvalue weighted by atomic mass is 35.5. The van der Waals surface area contributed by atoms with Gasteiger partial charge in [-0.3, -0.25) is 4.72 Å². The van der Waals surface area contributed by atoms with E-state index in [1.54, 1.807) is 12.1 Å². The molecule has 1 N–H and O–H groups in total. The average molecular weight is 428 g/mol. The zero-order chi connectivity index (χ0) is 21.2. The summed E-state index contributed by atoms with van der Waals surface area (Å²) in [4.78, 5) is 0. The molecule has 0 saturated heterocycles. The van der Waals surface area contributed by atoms with Crippen LogP contribution >= 0.6 is 11.6 Å². The lowest BCUT2D eigenvalue weighted by atomic mass is 9.80. The van der Waals surface area contributed by atoms with E-state index in [4.69, 9.17) is 11.6 Å². The van der Waals surface area contributed by atoms with E-state index in [1.807, 2.05) is 55.6 Å². The van der Waals surface area contributed by atoms with Crippen molar-refractivity contribution >= 4 is 38.2 Å². The van der Waals surface area contributed by atoms with Gasteiger partial charge in [0.05, 0.1) is 29.1 Å². The second-order valence-electron chi connectivity index (χ2n) is 6.98. The van der Waals surface area contributed by atoms with Crippen molar-refractivity contribution in [3.8, 4) is 6.07 Å². The van der Waals surface area contributed by atoms with Crippen molar-refractivity contribution in [3.05, 3.63) is 77.0 Å². The summed E-state index contributed by atoms with van der Waals surface area (Å²) in [5, 5.41) is 10.8. The Morgan fingerprint density at radius 3 is 2.52 bits per heavy atom. The van der Waals surface area contributed by atoms with E-state index in [0.717, 1.165) is 28.3 Å². The fourth-order valence-electron chi connectivity index (χ4n) is 3.94. The van der Waals surface area contributed by atoms with Gasteiger partial charge in [0.2, 0.25) is 10.0 Å². The number of hydrogen-bond acceptors (Lipinski definition) is 3. The number of fused-ring (bicyclic) bond motifs is 1. The predicted octanol–water partition coefficient (Wildman–Crippen LogP) is 5.29. The number of aromatic nitrogens is 1. The molecule has 1 atom stereocenters. The minimum atomic E-state index is -3.41. The molecule has 0 saturated carbocycles. The second kappa shape index (κ2) is 7.94. The van der Waals surface area contributed by atoms with Gasteiger partial charge in [-0.2, -0.15) is 5.26 Å². The van der Waals surface area contributed by atoms with Gasteiger partial charge >= 0.3 is 0 Å². The number of nitrogens with zero attached hydrogens (tertiary/aromatic N) is 2. The Kier molecular flexibility index (Phi) is 5.74. The molecular formula is C22H22ClN3O2S. The summed E-state index contributed by atoms with van der Waals surface area (Å²) in [7, 11) is -3.41. The topological polar surface area (TPSA) is 74.9 Å². The van der Waals surface area contributed by atoms with Crippen LogP contribution in [0.25, 0.3) is 10.9 Å². The standard InChI is InChI=1S/C22H22ClN3O2S/c1-4-22(16(2)12-14-24,17-8-10-18(23)11-9-17)26-15-13-19-20(25-29(3,27)28)6-5-7-21(19)26/h5-13,15,25H,4H2,1-3H3/b16-12+. The maximum absolute atomic E-state index is 11.8. The molecule has 0 fully saturated rings. The van der Waals surface area contributed by atoms with Crippen molar-refractivity contribution in [1.82, 2.24) is 4.57 Å². The number of hydrogen-bond donors (Lipinski definition) is 1. The molecule has 0 amide bonds. The second-order valence-corrected chi connectivity index (χ2v) is 9.16. The van der Waals surface area contributed by atoms with E-state index >= 15 is 0 Å². The fraction of sp³-hybridized carbons (Fsp3) is 0.227. The van der Waals surface area contributed by atoms with Crippen molar-refractivity contribution in [2.24, 2.45) is 0 Å². The maximum atomic E-state index is 11.8. The molecule has 0 radical (unpaired) electrons. The van der Waals surface area contributed by atoms with E-state index in [1.165, 1.54) is 0 Å². The van der Waals surface area contributed by atoms with Crippen LogP contribution in [0, 0.1) is 11.3 Å². The summed E-state index contributed by atoms with van der Waals surface area (Å²) < 4.78 is 28.2. The number of anilines is 1. The molecule has 0 spiro atoms. The molecule has 7 heteroatoms. The first kappa shape index (κ1) is 21.0. The van der Waals surface area contributed by atoms with Crippen LogP contribution in [0.2, 0.25) is 5.02 Å². The van der Waals surface area contributed by atoms with Crippen LogP contribution in [0.4, 0.5) is 5.69 Å². The highest BCUT2D eigenvalue weighted by molar-refractivity contribution is 7.92. The minimum Gasteiger partial charge on any atom is -0.333 e. The molecule has 0 aliphatic heterocycles.